The molecule has 0 spiro atoms. The van der Waals surface area contributed by atoms with Crippen LogP contribution in [0.15, 0.2) is 66.2 Å². The van der Waals surface area contributed by atoms with Gasteiger partial charge in [0.25, 0.3) is 0 Å². The Labute approximate surface area is 132 Å². The van der Waals surface area contributed by atoms with Crippen molar-refractivity contribution in [2.75, 3.05) is 10.6 Å². The summed E-state index contributed by atoms with van der Waals surface area (Å²) in [6.45, 7) is 0. The molecule has 3 rings (SSSR count). The molecule has 0 aliphatic rings. The molecule has 4 nitrogen and oxygen atoms in total. The van der Waals surface area contributed by atoms with Crippen LogP contribution in [-0.2, 0) is 11.2 Å². The van der Waals surface area contributed by atoms with Gasteiger partial charge in [-0.2, -0.15) is 0 Å². The number of nitrogens with one attached hydrogen (secondary N) is 2. The molecule has 0 fully saturated rings. The lowest BCUT2D eigenvalue weighted by atomic mass is 10.3. The maximum absolute atomic E-state index is 11.9. The number of benzene rings is 1. The molecule has 0 bridgehead atoms. The number of rotatable bonds is 5. The SMILES string of the molecule is O=C(Cc1cccs1)Nc1ccc(Nc2ccccc2)nc1. The Kier molecular flexibility index (Phi) is 4.46. The number of hydrogen-bond donors (Lipinski definition) is 2. The van der Waals surface area contributed by atoms with Gasteiger partial charge in [0.2, 0.25) is 5.91 Å². The van der Waals surface area contributed by atoms with Crippen LogP contribution in [0.4, 0.5) is 17.2 Å². The first-order valence-corrected chi connectivity index (χ1v) is 7.78. The van der Waals surface area contributed by atoms with E-state index in [0.717, 1.165) is 16.4 Å². The summed E-state index contributed by atoms with van der Waals surface area (Å²) in [6.07, 6.45) is 2.04. The van der Waals surface area contributed by atoms with Gasteiger partial charge in [0.1, 0.15) is 5.82 Å². The summed E-state index contributed by atoms with van der Waals surface area (Å²) in [7, 11) is 0. The third kappa shape index (κ3) is 3.93. The van der Waals surface area contributed by atoms with Gasteiger partial charge < -0.3 is 10.6 Å². The van der Waals surface area contributed by atoms with E-state index in [1.165, 1.54) is 0 Å². The fourth-order valence-electron chi connectivity index (χ4n) is 1.99. The van der Waals surface area contributed by atoms with Crippen molar-refractivity contribution in [3.05, 3.63) is 71.1 Å². The predicted octanol–water partition coefficient (Wildman–Crippen LogP) is 4.07. The van der Waals surface area contributed by atoms with Gasteiger partial charge in [-0.05, 0) is 35.7 Å². The highest BCUT2D eigenvalue weighted by molar-refractivity contribution is 7.10. The maximum atomic E-state index is 11.9. The number of carbonyl (C=O) groups excluding carboxylic acids is 1. The quantitative estimate of drug-likeness (QED) is 0.747. The molecule has 0 aliphatic heterocycles. The monoisotopic (exact) mass is 309 g/mol. The maximum Gasteiger partial charge on any atom is 0.229 e. The first-order chi connectivity index (χ1) is 10.8. The summed E-state index contributed by atoms with van der Waals surface area (Å²) in [6, 6.07) is 17.4. The van der Waals surface area contributed by atoms with Crippen molar-refractivity contribution in [3.8, 4) is 0 Å². The molecule has 0 radical (unpaired) electrons. The van der Waals surface area contributed by atoms with Crippen LogP contribution in [0.25, 0.3) is 0 Å². The van der Waals surface area contributed by atoms with Gasteiger partial charge in [-0.1, -0.05) is 24.3 Å². The van der Waals surface area contributed by atoms with E-state index in [4.69, 9.17) is 0 Å². The fraction of sp³-hybridized carbons (Fsp3) is 0.0588. The molecule has 22 heavy (non-hydrogen) atoms. The minimum absolute atomic E-state index is 0.0342. The Morgan fingerprint density at radius 3 is 2.55 bits per heavy atom. The molecule has 2 heterocycles. The molecule has 1 amide bonds. The predicted molar refractivity (Wildman–Crippen MR) is 90.6 cm³/mol. The number of pyridine rings is 1. The molecule has 0 saturated carbocycles. The third-order valence-corrected chi connectivity index (χ3v) is 3.88. The van der Waals surface area contributed by atoms with Crippen molar-refractivity contribution in [2.45, 2.75) is 6.42 Å². The zero-order valence-corrected chi connectivity index (χ0v) is 12.6. The topological polar surface area (TPSA) is 54.0 Å². The molecular formula is C17H15N3OS. The van der Waals surface area contributed by atoms with E-state index in [1.54, 1.807) is 17.5 Å². The van der Waals surface area contributed by atoms with E-state index >= 15 is 0 Å². The molecule has 5 heteroatoms. The molecule has 0 unspecified atom stereocenters. The fourth-order valence-corrected chi connectivity index (χ4v) is 2.69. The van der Waals surface area contributed by atoms with Crippen LogP contribution in [0, 0.1) is 0 Å². The second kappa shape index (κ2) is 6.87. The van der Waals surface area contributed by atoms with E-state index in [-0.39, 0.29) is 5.91 Å². The van der Waals surface area contributed by atoms with Gasteiger partial charge in [-0.3, -0.25) is 4.79 Å². The molecule has 1 aromatic carbocycles. The van der Waals surface area contributed by atoms with E-state index < -0.39 is 0 Å². The largest absolute Gasteiger partial charge is 0.340 e. The Morgan fingerprint density at radius 1 is 1.00 bits per heavy atom. The van der Waals surface area contributed by atoms with Crippen LogP contribution in [0.3, 0.4) is 0 Å². The van der Waals surface area contributed by atoms with Gasteiger partial charge in [-0.15, -0.1) is 11.3 Å². The molecule has 110 valence electrons. The normalized spacial score (nSPS) is 10.2. The van der Waals surface area contributed by atoms with E-state index in [1.807, 2.05) is 60.0 Å². The molecule has 0 saturated heterocycles. The second-order valence-corrected chi connectivity index (χ2v) is 5.76. The highest BCUT2D eigenvalue weighted by Gasteiger charge is 2.05. The Hall–Kier alpha value is -2.66. The molecule has 3 aromatic rings. The average Bonchev–Trinajstić information content (AvgIpc) is 3.03. The minimum Gasteiger partial charge on any atom is -0.340 e. The van der Waals surface area contributed by atoms with Crippen LogP contribution in [0.2, 0.25) is 0 Å². The number of amides is 1. The van der Waals surface area contributed by atoms with Crippen LogP contribution < -0.4 is 10.6 Å². The lowest BCUT2D eigenvalue weighted by Gasteiger charge is -2.07. The van der Waals surface area contributed by atoms with E-state index in [2.05, 4.69) is 15.6 Å². The van der Waals surface area contributed by atoms with Crippen molar-refractivity contribution in [1.82, 2.24) is 4.98 Å². The standard InChI is InChI=1S/C17H15N3OS/c21-17(11-15-7-4-10-22-15)20-14-8-9-16(18-12-14)19-13-5-2-1-3-6-13/h1-10,12H,11H2,(H,18,19)(H,20,21). The summed E-state index contributed by atoms with van der Waals surface area (Å²) < 4.78 is 0. The van der Waals surface area contributed by atoms with Gasteiger partial charge in [0, 0.05) is 10.6 Å². The zero-order valence-electron chi connectivity index (χ0n) is 11.8. The van der Waals surface area contributed by atoms with Gasteiger partial charge >= 0.3 is 0 Å². The number of para-hydroxylation sites is 1. The first kappa shape index (κ1) is 14.3. The molecular weight excluding hydrogens is 294 g/mol. The van der Waals surface area contributed by atoms with Gasteiger partial charge in [-0.25, -0.2) is 4.98 Å². The van der Waals surface area contributed by atoms with Crippen LogP contribution in [-0.4, -0.2) is 10.9 Å². The van der Waals surface area contributed by atoms with E-state index in [0.29, 0.717) is 12.1 Å². The number of thiophene rings is 1. The van der Waals surface area contributed by atoms with Gasteiger partial charge in [0.15, 0.2) is 0 Å². The van der Waals surface area contributed by atoms with Crippen molar-refractivity contribution in [3.63, 3.8) is 0 Å². The first-order valence-electron chi connectivity index (χ1n) is 6.90. The number of hydrogen-bond acceptors (Lipinski definition) is 4. The summed E-state index contributed by atoms with van der Waals surface area (Å²) in [5.41, 5.74) is 1.67. The number of anilines is 3. The second-order valence-electron chi connectivity index (χ2n) is 4.73. The number of aromatic nitrogens is 1. The van der Waals surface area contributed by atoms with E-state index in [9.17, 15) is 4.79 Å². The lowest BCUT2D eigenvalue weighted by molar-refractivity contribution is -0.115. The van der Waals surface area contributed by atoms with Crippen LogP contribution in [0.5, 0.6) is 0 Å². The summed E-state index contributed by atoms with van der Waals surface area (Å²) in [4.78, 5) is 17.3. The number of carbonyl (C=O) groups is 1. The summed E-state index contributed by atoms with van der Waals surface area (Å²) >= 11 is 1.58. The van der Waals surface area contributed by atoms with Crippen molar-refractivity contribution in [1.29, 1.82) is 0 Å². The molecule has 0 atom stereocenters. The highest BCUT2D eigenvalue weighted by Crippen LogP contribution is 2.16. The van der Waals surface area contributed by atoms with Crippen molar-refractivity contribution >= 4 is 34.4 Å². The Bertz CT molecular complexity index is 724. The molecule has 0 aliphatic carbocycles. The van der Waals surface area contributed by atoms with Crippen molar-refractivity contribution in [2.24, 2.45) is 0 Å². The van der Waals surface area contributed by atoms with Crippen LogP contribution in [0.1, 0.15) is 4.88 Å². The molecule has 2 aromatic heterocycles. The Balaban J connectivity index is 1.58. The average molecular weight is 309 g/mol. The zero-order chi connectivity index (χ0) is 15.2. The van der Waals surface area contributed by atoms with Crippen molar-refractivity contribution < 1.29 is 4.79 Å². The smallest absolute Gasteiger partial charge is 0.229 e. The summed E-state index contributed by atoms with van der Waals surface area (Å²) in [5.74, 6) is 0.704. The summed E-state index contributed by atoms with van der Waals surface area (Å²) in [5, 5.41) is 8.01. The van der Waals surface area contributed by atoms with Crippen LogP contribution >= 0.6 is 11.3 Å². The highest BCUT2D eigenvalue weighted by atomic mass is 32.1. The Morgan fingerprint density at radius 2 is 1.86 bits per heavy atom. The third-order valence-electron chi connectivity index (χ3n) is 3.01. The van der Waals surface area contributed by atoms with Gasteiger partial charge in [0.05, 0.1) is 18.3 Å². The lowest BCUT2D eigenvalue weighted by Crippen LogP contribution is -2.13. The molecule has 2 N–H and O–H groups in total. The minimum atomic E-state index is -0.0342. The number of nitrogens with zero attached hydrogens (tertiary/aromatic N) is 1.